The van der Waals surface area contributed by atoms with Gasteiger partial charge in [0, 0.05) is 22.3 Å². The second-order valence-corrected chi connectivity index (χ2v) is 8.47. The molecule has 33 heavy (non-hydrogen) atoms. The Morgan fingerprint density at radius 2 is 1.67 bits per heavy atom. The third-order valence-electron chi connectivity index (χ3n) is 4.83. The van der Waals surface area contributed by atoms with E-state index in [0.717, 1.165) is 16.8 Å². The lowest BCUT2D eigenvalue weighted by molar-refractivity contribution is 0.102. The summed E-state index contributed by atoms with van der Waals surface area (Å²) in [5, 5.41) is 17.4. The highest BCUT2D eigenvalue weighted by atomic mass is 35.5. The Kier molecular flexibility index (Phi) is 5.68. The van der Waals surface area contributed by atoms with Crippen LogP contribution in [-0.4, -0.2) is 25.9 Å². The second-order valence-electron chi connectivity index (χ2n) is 7.05. The highest BCUT2D eigenvalue weighted by Gasteiger charge is 2.19. The van der Waals surface area contributed by atoms with Crippen molar-refractivity contribution in [2.45, 2.75) is 0 Å². The standard InChI is InChI=1S/C24H15ClFN5OS/c25-17-10-6-15(7-11-17)21-20(14-31(30-21)19-4-2-1-3-5-19)23-28-29-24(33-23)27-22(32)16-8-12-18(26)13-9-16/h1-14H,(H,27,29,32). The van der Waals surface area contributed by atoms with Crippen LogP contribution in [0.25, 0.3) is 27.5 Å². The topological polar surface area (TPSA) is 72.7 Å². The van der Waals surface area contributed by atoms with Crippen LogP contribution in [0.5, 0.6) is 0 Å². The van der Waals surface area contributed by atoms with Crippen molar-refractivity contribution in [2.75, 3.05) is 5.32 Å². The van der Waals surface area contributed by atoms with Crippen molar-refractivity contribution in [3.05, 3.63) is 101 Å². The van der Waals surface area contributed by atoms with E-state index in [1.165, 1.54) is 35.6 Å². The molecule has 0 saturated carbocycles. The number of amides is 1. The number of rotatable bonds is 5. The molecule has 1 N–H and O–H groups in total. The molecule has 5 rings (SSSR count). The monoisotopic (exact) mass is 475 g/mol. The van der Waals surface area contributed by atoms with Crippen molar-refractivity contribution in [1.82, 2.24) is 20.0 Å². The molecule has 162 valence electrons. The Labute approximate surface area is 197 Å². The van der Waals surface area contributed by atoms with Crippen molar-refractivity contribution in [1.29, 1.82) is 0 Å². The number of hydrogen-bond acceptors (Lipinski definition) is 5. The van der Waals surface area contributed by atoms with E-state index in [0.29, 0.717) is 26.4 Å². The van der Waals surface area contributed by atoms with Gasteiger partial charge in [-0.3, -0.25) is 10.1 Å². The van der Waals surface area contributed by atoms with E-state index >= 15 is 0 Å². The molecule has 6 nitrogen and oxygen atoms in total. The van der Waals surface area contributed by atoms with Crippen molar-refractivity contribution in [2.24, 2.45) is 0 Å². The number of carbonyl (C=O) groups is 1. The number of para-hydroxylation sites is 1. The summed E-state index contributed by atoms with van der Waals surface area (Å²) >= 11 is 7.29. The zero-order valence-corrected chi connectivity index (χ0v) is 18.5. The van der Waals surface area contributed by atoms with Crippen LogP contribution in [-0.2, 0) is 0 Å². The minimum Gasteiger partial charge on any atom is -0.296 e. The molecule has 2 heterocycles. The lowest BCUT2D eigenvalue weighted by Gasteiger charge is -2.01. The summed E-state index contributed by atoms with van der Waals surface area (Å²) in [4.78, 5) is 12.5. The Bertz CT molecular complexity index is 1420. The number of nitrogens with one attached hydrogen (secondary N) is 1. The van der Waals surface area contributed by atoms with E-state index in [2.05, 4.69) is 15.5 Å². The Morgan fingerprint density at radius 3 is 2.39 bits per heavy atom. The van der Waals surface area contributed by atoms with Gasteiger partial charge in [0.25, 0.3) is 5.91 Å². The van der Waals surface area contributed by atoms with Gasteiger partial charge in [0.05, 0.1) is 11.3 Å². The number of anilines is 1. The van der Waals surface area contributed by atoms with Gasteiger partial charge >= 0.3 is 0 Å². The first-order valence-corrected chi connectivity index (χ1v) is 11.1. The van der Waals surface area contributed by atoms with Crippen LogP contribution in [0.3, 0.4) is 0 Å². The summed E-state index contributed by atoms with van der Waals surface area (Å²) in [7, 11) is 0. The lowest BCUT2D eigenvalue weighted by atomic mass is 10.1. The first kappa shape index (κ1) is 21.0. The molecule has 0 bridgehead atoms. The molecule has 0 aliphatic carbocycles. The summed E-state index contributed by atoms with van der Waals surface area (Å²) in [5.41, 5.74) is 3.57. The molecule has 0 fully saturated rings. The highest BCUT2D eigenvalue weighted by molar-refractivity contribution is 7.18. The van der Waals surface area contributed by atoms with Gasteiger partial charge in [0.2, 0.25) is 5.13 Å². The minimum atomic E-state index is -0.407. The Balaban J connectivity index is 1.50. The molecule has 5 aromatic rings. The summed E-state index contributed by atoms with van der Waals surface area (Å²) in [6, 6.07) is 22.4. The fraction of sp³-hybridized carbons (Fsp3) is 0. The SMILES string of the molecule is O=C(Nc1nnc(-c2cn(-c3ccccc3)nc2-c2ccc(Cl)cc2)s1)c1ccc(F)cc1. The molecular weight excluding hydrogens is 461 g/mol. The number of carbonyl (C=O) groups excluding carboxylic acids is 1. The first-order chi connectivity index (χ1) is 16.1. The minimum absolute atomic E-state index is 0.326. The number of hydrogen-bond donors (Lipinski definition) is 1. The van der Waals surface area contributed by atoms with Crippen LogP contribution in [0.15, 0.2) is 85.1 Å². The van der Waals surface area contributed by atoms with Crippen molar-refractivity contribution < 1.29 is 9.18 Å². The number of aromatic nitrogens is 4. The van der Waals surface area contributed by atoms with Crippen LogP contribution in [0, 0.1) is 5.82 Å². The Hall–Kier alpha value is -3.88. The fourth-order valence-electron chi connectivity index (χ4n) is 3.22. The predicted octanol–water partition coefficient (Wildman–Crippen LogP) is 6.10. The molecule has 0 radical (unpaired) electrons. The van der Waals surface area contributed by atoms with Crippen molar-refractivity contribution in [3.8, 4) is 27.5 Å². The van der Waals surface area contributed by atoms with Gasteiger partial charge in [0.1, 0.15) is 11.5 Å². The molecule has 2 aromatic heterocycles. The fourth-order valence-corrected chi connectivity index (χ4v) is 4.09. The van der Waals surface area contributed by atoms with Crippen LogP contribution in [0.1, 0.15) is 10.4 Å². The van der Waals surface area contributed by atoms with E-state index in [-0.39, 0.29) is 0 Å². The van der Waals surface area contributed by atoms with Gasteiger partial charge in [-0.1, -0.05) is 53.3 Å². The predicted molar refractivity (Wildman–Crippen MR) is 127 cm³/mol. The van der Waals surface area contributed by atoms with E-state index in [1.54, 1.807) is 16.8 Å². The van der Waals surface area contributed by atoms with Gasteiger partial charge < -0.3 is 0 Å². The molecule has 0 unspecified atom stereocenters. The average molecular weight is 476 g/mol. The van der Waals surface area contributed by atoms with Crippen LogP contribution >= 0.6 is 22.9 Å². The third-order valence-corrected chi connectivity index (χ3v) is 5.96. The molecule has 0 spiro atoms. The molecular formula is C24H15ClFN5OS. The summed E-state index contributed by atoms with van der Waals surface area (Å²) in [6.45, 7) is 0. The summed E-state index contributed by atoms with van der Waals surface area (Å²) in [6.07, 6.45) is 1.88. The molecule has 9 heteroatoms. The van der Waals surface area contributed by atoms with Crippen molar-refractivity contribution in [3.63, 3.8) is 0 Å². The van der Waals surface area contributed by atoms with Crippen LogP contribution in [0.4, 0.5) is 9.52 Å². The summed E-state index contributed by atoms with van der Waals surface area (Å²) < 4.78 is 14.9. The van der Waals surface area contributed by atoms with Crippen LogP contribution < -0.4 is 5.32 Å². The molecule has 0 aliphatic heterocycles. The van der Waals surface area contributed by atoms with Gasteiger partial charge in [-0.25, -0.2) is 9.07 Å². The molecule has 0 aliphatic rings. The smallest absolute Gasteiger partial charge is 0.257 e. The maximum Gasteiger partial charge on any atom is 0.257 e. The quantitative estimate of drug-likeness (QED) is 0.333. The molecule has 3 aromatic carbocycles. The van der Waals surface area contributed by atoms with Crippen LogP contribution in [0.2, 0.25) is 5.02 Å². The second kappa shape index (κ2) is 8.93. The summed E-state index contributed by atoms with van der Waals surface area (Å²) in [5.74, 6) is -0.800. The number of halogens is 2. The normalized spacial score (nSPS) is 10.8. The average Bonchev–Trinajstić information content (AvgIpc) is 3.48. The van der Waals surface area contributed by atoms with E-state index in [1.807, 2.05) is 48.7 Å². The molecule has 0 saturated heterocycles. The van der Waals surface area contributed by atoms with E-state index in [9.17, 15) is 9.18 Å². The number of nitrogens with zero attached hydrogens (tertiary/aromatic N) is 4. The van der Waals surface area contributed by atoms with E-state index in [4.69, 9.17) is 16.7 Å². The molecule has 1 amide bonds. The highest BCUT2D eigenvalue weighted by Crippen LogP contribution is 2.35. The first-order valence-electron chi connectivity index (χ1n) is 9.89. The lowest BCUT2D eigenvalue weighted by Crippen LogP contribution is -2.11. The maximum absolute atomic E-state index is 13.1. The zero-order chi connectivity index (χ0) is 22.8. The van der Waals surface area contributed by atoms with Gasteiger partial charge in [-0.2, -0.15) is 5.10 Å². The van der Waals surface area contributed by atoms with Gasteiger partial charge in [-0.05, 0) is 48.5 Å². The largest absolute Gasteiger partial charge is 0.296 e. The van der Waals surface area contributed by atoms with E-state index < -0.39 is 11.7 Å². The maximum atomic E-state index is 13.1. The molecule has 0 atom stereocenters. The third kappa shape index (κ3) is 4.52. The zero-order valence-electron chi connectivity index (χ0n) is 16.9. The number of benzene rings is 3. The van der Waals surface area contributed by atoms with Crippen molar-refractivity contribution >= 4 is 34.0 Å². The van der Waals surface area contributed by atoms with Gasteiger partial charge in [0.15, 0.2) is 5.01 Å². The van der Waals surface area contributed by atoms with Gasteiger partial charge in [-0.15, -0.1) is 10.2 Å². The Morgan fingerprint density at radius 1 is 0.939 bits per heavy atom.